The first-order valence-electron chi connectivity index (χ1n) is 7.19. The van der Waals surface area contributed by atoms with Crippen molar-refractivity contribution in [3.63, 3.8) is 0 Å². The minimum Gasteiger partial charge on any atom is -0.339 e. The Kier molecular flexibility index (Phi) is 3.70. The van der Waals surface area contributed by atoms with Gasteiger partial charge in [-0.3, -0.25) is 4.79 Å². The van der Waals surface area contributed by atoms with Crippen LogP contribution in [0.25, 0.3) is 0 Å². The molecule has 1 aliphatic carbocycles. The monoisotopic (exact) mass is 285 g/mol. The Morgan fingerprint density at radius 1 is 1.30 bits per heavy atom. The second kappa shape index (κ2) is 5.49. The lowest BCUT2D eigenvalue weighted by Gasteiger charge is -2.22. The summed E-state index contributed by atoms with van der Waals surface area (Å²) in [6.07, 6.45) is 3.11. The molecule has 0 unspecified atom stereocenters. The summed E-state index contributed by atoms with van der Waals surface area (Å²) in [6.45, 7) is 5.34. The van der Waals surface area contributed by atoms with E-state index < -0.39 is 0 Å². The van der Waals surface area contributed by atoms with E-state index in [1.165, 1.54) is 17.7 Å². The van der Waals surface area contributed by atoms with Crippen LogP contribution in [-0.2, 0) is 6.42 Å². The highest BCUT2D eigenvalue weighted by atomic mass is 32.2. The van der Waals surface area contributed by atoms with E-state index in [9.17, 15) is 4.79 Å². The van der Waals surface area contributed by atoms with Gasteiger partial charge in [0.15, 0.2) is 5.78 Å². The first-order valence-corrected chi connectivity index (χ1v) is 8.07. The predicted octanol–water partition coefficient (Wildman–Crippen LogP) is 4.35. The average molecular weight is 285 g/mol. The number of ketones is 1. The molecule has 0 radical (unpaired) electrons. The van der Waals surface area contributed by atoms with Gasteiger partial charge in [-0.2, -0.15) is 0 Å². The molecular weight excluding hydrogens is 266 g/mol. The standard InChI is InChI=1S/C17H19NOS/c1-3-4-9-18-12(2)11-20-17(18)15-10-13-7-5-6-8-14(13)16(15)19/h5-8,11H,3-4,9-10H2,1-2H3. The van der Waals surface area contributed by atoms with Crippen molar-refractivity contribution in [3.05, 3.63) is 57.1 Å². The van der Waals surface area contributed by atoms with Gasteiger partial charge in [-0.05, 0) is 24.3 Å². The van der Waals surface area contributed by atoms with Crippen molar-refractivity contribution in [3.8, 4) is 0 Å². The molecule has 3 rings (SSSR count). The second-order valence-electron chi connectivity index (χ2n) is 5.33. The molecule has 0 saturated heterocycles. The average Bonchev–Trinajstić information content (AvgIpc) is 2.98. The first kappa shape index (κ1) is 13.5. The van der Waals surface area contributed by atoms with Gasteiger partial charge in [-0.25, -0.2) is 0 Å². The molecule has 0 atom stereocenters. The molecule has 1 heterocycles. The number of rotatable bonds is 3. The van der Waals surface area contributed by atoms with Crippen molar-refractivity contribution in [1.82, 2.24) is 4.90 Å². The minimum absolute atomic E-state index is 0.215. The van der Waals surface area contributed by atoms with Gasteiger partial charge in [0, 0.05) is 29.8 Å². The number of carbonyl (C=O) groups is 1. The molecule has 1 aliphatic heterocycles. The Morgan fingerprint density at radius 2 is 2.10 bits per heavy atom. The number of thioether (sulfide) groups is 1. The molecule has 2 nitrogen and oxygen atoms in total. The van der Waals surface area contributed by atoms with Crippen LogP contribution in [-0.4, -0.2) is 17.2 Å². The predicted molar refractivity (Wildman–Crippen MR) is 84.5 cm³/mol. The summed E-state index contributed by atoms with van der Waals surface area (Å²) >= 11 is 1.70. The molecular formula is C17H19NOS. The first-order chi connectivity index (χ1) is 9.72. The molecule has 1 aromatic rings. The summed E-state index contributed by atoms with van der Waals surface area (Å²) in [4.78, 5) is 14.9. The van der Waals surface area contributed by atoms with Crippen molar-refractivity contribution in [2.75, 3.05) is 6.54 Å². The van der Waals surface area contributed by atoms with Crippen molar-refractivity contribution in [2.24, 2.45) is 0 Å². The maximum atomic E-state index is 12.6. The molecule has 0 amide bonds. The fraction of sp³-hybridized carbons (Fsp3) is 0.353. The Labute approximate surface area is 124 Å². The SMILES string of the molecule is CCCCN1C(C)=CSC1=C1Cc2ccccc2C1=O. The normalized spacial score (nSPS) is 21.4. The molecule has 1 aromatic carbocycles. The number of carbonyl (C=O) groups excluding carboxylic acids is 1. The van der Waals surface area contributed by atoms with E-state index in [4.69, 9.17) is 0 Å². The molecule has 0 aromatic heterocycles. The Balaban J connectivity index is 1.94. The largest absolute Gasteiger partial charge is 0.339 e. The Hall–Kier alpha value is -1.48. The maximum Gasteiger partial charge on any atom is 0.192 e. The molecule has 0 spiro atoms. The van der Waals surface area contributed by atoms with Crippen LogP contribution in [0.2, 0.25) is 0 Å². The lowest BCUT2D eigenvalue weighted by Crippen LogP contribution is -2.20. The zero-order valence-electron chi connectivity index (χ0n) is 12.0. The number of Topliss-reactive ketones (excluding diaryl/α,β-unsaturated/α-hetero) is 1. The molecule has 0 bridgehead atoms. The molecule has 104 valence electrons. The van der Waals surface area contributed by atoms with Crippen LogP contribution in [0.5, 0.6) is 0 Å². The number of fused-ring (bicyclic) bond motifs is 1. The van der Waals surface area contributed by atoms with E-state index >= 15 is 0 Å². The fourth-order valence-electron chi connectivity index (χ4n) is 2.76. The summed E-state index contributed by atoms with van der Waals surface area (Å²) in [7, 11) is 0. The number of benzene rings is 1. The summed E-state index contributed by atoms with van der Waals surface area (Å²) in [5.74, 6) is 0.215. The van der Waals surface area contributed by atoms with Gasteiger partial charge in [0.2, 0.25) is 0 Å². The molecule has 0 fully saturated rings. The highest BCUT2D eigenvalue weighted by Crippen LogP contribution is 2.40. The van der Waals surface area contributed by atoms with Crippen LogP contribution in [0.3, 0.4) is 0 Å². The van der Waals surface area contributed by atoms with Crippen LogP contribution in [0.4, 0.5) is 0 Å². The summed E-state index contributed by atoms with van der Waals surface area (Å²) in [5, 5.41) is 3.31. The molecule has 2 aliphatic rings. The highest BCUT2D eigenvalue weighted by molar-refractivity contribution is 8.06. The third kappa shape index (κ3) is 2.20. The Morgan fingerprint density at radius 3 is 2.85 bits per heavy atom. The van der Waals surface area contributed by atoms with Crippen LogP contribution in [0.15, 0.2) is 46.0 Å². The van der Waals surface area contributed by atoms with Crippen molar-refractivity contribution < 1.29 is 4.79 Å². The lowest BCUT2D eigenvalue weighted by atomic mass is 10.1. The Bertz CT molecular complexity index is 615. The summed E-state index contributed by atoms with van der Waals surface area (Å²) in [6, 6.07) is 7.98. The number of nitrogens with zero attached hydrogens (tertiary/aromatic N) is 1. The van der Waals surface area contributed by atoms with E-state index in [0.717, 1.165) is 35.6 Å². The van der Waals surface area contributed by atoms with Crippen LogP contribution >= 0.6 is 11.8 Å². The highest BCUT2D eigenvalue weighted by Gasteiger charge is 2.31. The van der Waals surface area contributed by atoms with E-state index in [-0.39, 0.29) is 5.78 Å². The van der Waals surface area contributed by atoms with Gasteiger partial charge in [0.25, 0.3) is 0 Å². The topological polar surface area (TPSA) is 20.3 Å². The maximum absolute atomic E-state index is 12.6. The summed E-state index contributed by atoms with van der Waals surface area (Å²) in [5.41, 5.74) is 4.28. The van der Waals surface area contributed by atoms with E-state index in [2.05, 4.69) is 30.2 Å². The van der Waals surface area contributed by atoms with Gasteiger partial charge in [0.05, 0.1) is 5.03 Å². The smallest absolute Gasteiger partial charge is 0.192 e. The third-order valence-corrected chi connectivity index (χ3v) is 5.06. The quantitative estimate of drug-likeness (QED) is 0.770. The molecule has 3 heteroatoms. The summed E-state index contributed by atoms with van der Waals surface area (Å²) < 4.78 is 0. The van der Waals surface area contributed by atoms with Gasteiger partial charge in [-0.15, -0.1) is 0 Å². The van der Waals surface area contributed by atoms with Gasteiger partial charge < -0.3 is 4.90 Å². The van der Waals surface area contributed by atoms with E-state index in [0.29, 0.717) is 0 Å². The second-order valence-corrected chi connectivity index (χ2v) is 6.19. The van der Waals surface area contributed by atoms with Crippen molar-refractivity contribution in [2.45, 2.75) is 33.1 Å². The van der Waals surface area contributed by atoms with Gasteiger partial charge >= 0.3 is 0 Å². The van der Waals surface area contributed by atoms with E-state index in [1.54, 1.807) is 11.8 Å². The zero-order chi connectivity index (χ0) is 14.1. The number of allylic oxidation sites excluding steroid dienone is 2. The van der Waals surface area contributed by atoms with E-state index in [1.807, 2.05) is 18.2 Å². The van der Waals surface area contributed by atoms with Crippen LogP contribution in [0.1, 0.15) is 42.6 Å². The number of unbranched alkanes of at least 4 members (excludes halogenated alkanes) is 1. The zero-order valence-corrected chi connectivity index (χ0v) is 12.8. The molecule has 0 saturated carbocycles. The third-order valence-electron chi connectivity index (χ3n) is 3.91. The molecule has 20 heavy (non-hydrogen) atoms. The van der Waals surface area contributed by atoms with Crippen LogP contribution < -0.4 is 0 Å². The van der Waals surface area contributed by atoms with Gasteiger partial charge in [0.1, 0.15) is 0 Å². The van der Waals surface area contributed by atoms with Crippen LogP contribution in [0, 0.1) is 0 Å². The van der Waals surface area contributed by atoms with Crippen molar-refractivity contribution in [1.29, 1.82) is 0 Å². The molecule has 0 N–H and O–H groups in total. The minimum atomic E-state index is 0.215. The number of hydrogen-bond acceptors (Lipinski definition) is 3. The number of hydrogen-bond donors (Lipinski definition) is 0. The van der Waals surface area contributed by atoms with Crippen molar-refractivity contribution >= 4 is 17.5 Å². The fourth-order valence-corrected chi connectivity index (χ4v) is 3.84. The lowest BCUT2D eigenvalue weighted by molar-refractivity contribution is 0.103. The van der Waals surface area contributed by atoms with Gasteiger partial charge in [-0.1, -0.05) is 49.4 Å².